The third-order valence-corrected chi connectivity index (χ3v) is 2.41. The molecule has 1 aromatic heterocycles. The quantitative estimate of drug-likeness (QED) is 0.851. The van der Waals surface area contributed by atoms with Gasteiger partial charge in [-0.3, -0.25) is 0 Å². The lowest BCUT2D eigenvalue weighted by Gasteiger charge is -2.13. The molecule has 0 radical (unpaired) electrons. The van der Waals surface area contributed by atoms with Gasteiger partial charge in [0.05, 0.1) is 5.92 Å². The molecule has 1 atom stereocenters. The van der Waals surface area contributed by atoms with Crippen LogP contribution in [0.4, 0.5) is 4.39 Å². The molecular weight excluding hydrogens is 205 g/mol. The molecule has 1 aromatic carbocycles. The molecule has 0 spiro atoms. The number of rotatable bonds is 3. The van der Waals surface area contributed by atoms with E-state index < -0.39 is 0 Å². The Morgan fingerprint density at radius 3 is 2.31 bits per heavy atom. The number of nitrogens with zero attached hydrogens (tertiary/aromatic N) is 2. The lowest BCUT2D eigenvalue weighted by Crippen LogP contribution is -2.16. The molecule has 4 heteroatoms. The first-order valence-electron chi connectivity index (χ1n) is 5.03. The average Bonchev–Trinajstić information content (AvgIpc) is 2.34. The summed E-state index contributed by atoms with van der Waals surface area (Å²) in [5.41, 5.74) is 6.63. The lowest BCUT2D eigenvalue weighted by molar-refractivity contribution is 0.625. The zero-order chi connectivity index (χ0) is 11.4. The van der Waals surface area contributed by atoms with E-state index in [1.807, 2.05) is 0 Å². The number of hydrogen-bond donors (Lipinski definition) is 1. The molecule has 0 aliphatic rings. The molecule has 0 amide bonds. The largest absolute Gasteiger partial charge is 0.329 e. The number of benzene rings is 1. The summed E-state index contributed by atoms with van der Waals surface area (Å²) in [4.78, 5) is 8.33. The van der Waals surface area contributed by atoms with Crippen molar-refractivity contribution in [3.05, 3.63) is 59.9 Å². The van der Waals surface area contributed by atoms with E-state index in [-0.39, 0.29) is 11.7 Å². The van der Waals surface area contributed by atoms with Crippen LogP contribution in [0.1, 0.15) is 17.3 Å². The van der Waals surface area contributed by atoms with Crippen molar-refractivity contribution >= 4 is 0 Å². The first kappa shape index (κ1) is 10.7. The van der Waals surface area contributed by atoms with Gasteiger partial charge in [0.1, 0.15) is 11.6 Å². The molecule has 0 aliphatic heterocycles. The number of aromatic nitrogens is 2. The van der Waals surface area contributed by atoms with Gasteiger partial charge in [-0.15, -0.1) is 0 Å². The Hall–Kier alpha value is -1.81. The molecule has 0 bridgehead atoms. The zero-order valence-corrected chi connectivity index (χ0v) is 8.68. The third-order valence-electron chi connectivity index (χ3n) is 2.41. The predicted octanol–water partition coefficient (Wildman–Crippen LogP) is 1.71. The molecule has 2 rings (SSSR count). The summed E-state index contributed by atoms with van der Waals surface area (Å²) in [7, 11) is 0. The predicted molar refractivity (Wildman–Crippen MR) is 59.3 cm³/mol. The van der Waals surface area contributed by atoms with E-state index >= 15 is 0 Å². The summed E-state index contributed by atoms with van der Waals surface area (Å²) in [6.45, 7) is 0.398. The molecular formula is C12H12FN3. The van der Waals surface area contributed by atoms with Crippen LogP contribution in [0.25, 0.3) is 0 Å². The Morgan fingerprint density at radius 1 is 1.12 bits per heavy atom. The van der Waals surface area contributed by atoms with Crippen molar-refractivity contribution in [1.29, 1.82) is 0 Å². The fourth-order valence-corrected chi connectivity index (χ4v) is 1.58. The molecule has 3 nitrogen and oxygen atoms in total. The van der Waals surface area contributed by atoms with Gasteiger partial charge in [0, 0.05) is 18.9 Å². The van der Waals surface area contributed by atoms with Crippen molar-refractivity contribution in [3.63, 3.8) is 0 Å². The van der Waals surface area contributed by atoms with E-state index in [2.05, 4.69) is 9.97 Å². The molecule has 0 saturated heterocycles. The first-order chi connectivity index (χ1) is 7.81. The van der Waals surface area contributed by atoms with E-state index in [0.717, 1.165) is 5.56 Å². The van der Waals surface area contributed by atoms with Gasteiger partial charge in [-0.1, -0.05) is 12.1 Å². The lowest BCUT2D eigenvalue weighted by atomic mass is 9.98. The topological polar surface area (TPSA) is 51.8 Å². The minimum absolute atomic E-state index is 0.0817. The molecule has 0 aliphatic carbocycles. The molecule has 1 unspecified atom stereocenters. The molecule has 2 aromatic rings. The number of halogens is 1. The van der Waals surface area contributed by atoms with Gasteiger partial charge in [-0.25, -0.2) is 14.4 Å². The van der Waals surface area contributed by atoms with Crippen molar-refractivity contribution in [2.24, 2.45) is 5.73 Å². The van der Waals surface area contributed by atoms with Crippen LogP contribution in [0.15, 0.2) is 42.7 Å². The maximum Gasteiger partial charge on any atom is 0.136 e. The number of hydrogen-bond acceptors (Lipinski definition) is 3. The monoisotopic (exact) mass is 217 g/mol. The van der Waals surface area contributed by atoms with E-state index in [0.29, 0.717) is 12.4 Å². The smallest absolute Gasteiger partial charge is 0.136 e. The number of nitrogens with two attached hydrogens (primary N) is 1. The normalized spacial score (nSPS) is 12.4. The highest BCUT2D eigenvalue weighted by atomic mass is 19.1. The van der Waals surface area contributed by atoms with Crippen molar-refractivity contribution < 1.29 is 4.39 Å². The van der Waals surface area contributed by atoms with Crippen LogP contribution in [0.2, 0.25) is 0 Å². The highest BCUT2D eigenvalue weighted by Crippen LogP contribution is 2.20. The van der Waals surface area contributed by atoms with Gasteiger partial charge in [0.15, 0.2) is 0 Å². The summed E-state index contributed by atoms with van der Waals surface area (Å²) in [5.74, 6) is 0.326. The van der Waals surface area contributed by atoms with Crippen LogP contribution < -0.4 is 5.73 Å². The second kappa shape index (κ2) is 4.81. The van der Waals surface area contributed by atoms with Crippen molar-refractivity contribution in [1.82, 2.24) is 9.97 Å². The Morgan fingerprint density at radius 2 is 1.75 bits per heavy atom. The van der Waals surface area contributed by atoms with Crippen LogP contribution in [-0.4, -0.2) is 16.5 Å². The summed E-state index contributed by atoms with van der Waals surface area (Å²) < 4.78 is 12.8. The second-order valence-corrected chi connectivity index (χ2v) is 3.45. The fourth-order valence-electron chi connectivity index (χ4n) is 1.58. The Balaban J connectivity index is 2.33. The van der Waals surface area contributed by atoms with Crippen LogP contribution in [0.5, 0.6) is 0 Å². The molecule has 16 heavy (non-hydrogen) atoms. The van der Waals surface area contributed by atoms with Gasteiger partial charge >= 0.3 is 0 Å². The summed E-state index contributed by atoms with van der Waals surface area (Å²) in [6.07, 6.45) is 3.35. The summed E-state index contributed by atoms with van der Waals surface area (Å²) in [5, 5.41) is 0. The van der Waals surface area contributed by atoms with Crippen molar-refractivity contribution in [2.45, 2.75) is 5.92 Å². The molecule has 2 N–H and O–H groups in total. The standard InChI is InChI=1S/C12H12FN3/c13-10-4-2-9(3-5-10)11(8-14)12-15-6-1-7-16-12/h1-7,11H,8,14H2. The maximum absolute atomic E-state index is 12.8. The van der Waals surface area contributed by atoms with Crippen molar-refractivity contribution in [3.8, 4) is 0 Å². The SMILES string of the molecule is NCC(c1ccc(F)cc1)c1ncccn1. The average molecular weight is 217 g/mol. The minimum atomic E-state index is -0.256. The van der Waals surface area contributed by atoms with Crippen molar-refractivity contribution in [2.75, 3.05) is 6.54 Å². The maximum atomic E-state index is 12.8. The molecule has 0 fully saturated rings. The van der Waals surface area contributed by atoms with Gasteiger partial charge in [-0.2, -0.15) is 0 Å². The van der Waals surface area contributed by atoms with Crippen LogP contribution in [-0.2, 0) is 0 Å². The zero-order valence-electron chi connectivity index (χ0n) is 8.68. The van der Waals surface area contributed by atoms with E-state index in [1.54, 1.807) is 30.6 Å². The van der Waals surface area contributed by atoms with Gasteiger partial charge in [-0.05, 0) is 23.8 Å². The highest BCUT2D eigenvalue weighted by molar-refractivity contribution is 5.26. The van der Waals surface area contributed by atoms with Gasteiger partial charge in [0.2, 0.25) is 0 Å². The van der Waals surface area contributed by atoms with E-state index in [4.69, 9.17) is 5.73 Å². The Kier molecular flexibility index (Phi) is 3.22. The fraction of sp³-hybridized carbons (Fsp3) is 0.167. The van der Waals surface area contributed by atoms with E-state index in [9.17, 15) is 4.39 Å². The molecule has 1 heterocycles. The van der Waals surface area contributed by atoms with E-state index in [1.165, 1.54) is 12.1 Å². The molecule has 82 valence electrons. The van der Waals surface area contributed by atoms with Crippen LogP contribution in [0, 0.1) is 5.82 Å². The Bertz CT molecular complexity index is 442. The minimum Gasteiger partial charge on any atom is -0.329 e. The second-order valence-electron chi connectivity index (χ2n) is 3.45. The van der Waals surface area contributed by atoms with Crippen LogP contribution >= 0.6 is 0 Å². The highest BCUT2D eigenvalue weighted by Gasteiger charge is 2.14. The summed E-state index contributed by atoms with van der Waals surface area (Å²) >= 11 is 0. The summed E-state index contributed by atoms with van der Waals surface area (Å²) in [6, 6.07) is 8.01. The molecule has 0 saturated carbocycles. The van der Waals surface area contributed by atoms with Gasteiger partial charge in [0.25, 0.3) is 0 Å². The van der Waals surface area contributed by atoms with Crippen LogP contribution in [0.3, 0.4) is 0 Å². The van der Waals surface area contributed by atoms with Gasteiger partial charge < -0.3 is 5.73 Å². The Labute approximate surface area is 93.2 Å². The third kappa shape index (κ3) is 2.23. The first-order valence-corrected chi connectivity index (χ1v) is 5.03.